The molecule has 1 heterocycles. The molecule has 0 fully saturated rings. The number of carbonyl (C=O) groups is 1. The fraction of sp³-hybridized carbons (Fsp3) is 0. The number of hydrogen-bond donors (Lipinski definition) is 2. The molecule has 5 heteroatoms. The van der Waals surface area contributed by atoms with Gasteiger partial charge >= 0.3 is 6.03 Å². The molecule has 8 heavy (non-hydrogen) atoms. The van der Waals surface area contributed by atoms with Gasteiger partial charge in [-0.2, -0.15) is 0 Å². The van der Waals surface area contributed by atoms with Crippen LogP contribution >= 0.6 is 0 Å². The highest BCUT2D eigenvalue weighted by Gasteiger charge is 2.04. The summed E-state index contributed by atoms with van der Waals surface area (Å²) in [7, 11) is -1.31. The van der Waals surface area contributed by atoms with E-state index in [4.69, 9.17) is 0 Å². The van der Waals surface area contributed by atoms with E-state index < -0.39 is 17.0 Å². The quantitative estimate of drug-likeness (QED) is 0.464. The van der Waals surface area contributed by atoms with Crippen LogP contribution in [0.2, 0.25) is 0 Å². The van der Waals surface area contributed by atoms with Gasteiger partial charge in [0.05, 0.1) is 0 Å². The molecule has 0 aliphatic carbocycles. The Morgan fingerprint density at radius 1 is 1.62 bits per heavy atom. The number of nitrogens with one attached hydrogen (secondary N) is 2. The predicted octanol–water partition coefficient (Wildman–Crippen LogP) is -0.566. The Morgan fingerprint density at radius 3 is 2.75 bits per heavy atom. The molecule has 1 unspecified atom stereocenters. The van der Waals surface area contributed by atoms with Gasteiger partial charge in [-0.1, -0.05) is 0 Å². The molecule has 0 aromatic carbocycles. The topological polar surface area (TPSA) is 58.2 Å². The third kappa shape index (κ3) is 1.06. The van der Waals surface area contributed by atoms with Crippen LogP contribution in [0.4, 0.5) is 4.79 Å². The first kappa shape index (κ1) is 5.30. The van der Waals surface area contributed by atoms with Crippen LogP contribution in [0.15, 0.2) is 11.6 Å². The van der Waals surface area contributed by atoms with E-state index in [0.29, 0.717) is 0 Å². The lowest BCUT2D eigenvalue weighted by molar-refractivity contribution is 0.249. The fourth-order valence-corrected chi connectivity index (χ4v) is 0.828. The van der Waals surface area contributed by atoms with Crippen LogP contribution in [-0.4, -0.2) is 10.2 Å². The van der Waals surface area contributed by atoms with Gasteiger partial charge < -0.3 is 5.32 Å². The Bertz CT molecular complexity index is 165. The molecule has 44 valence electrons. The summed E-state index contributed by atoms with van der Waals surface area (Å²) >= 11 is 0. The van der Waals surface area contributed by atoms with Gasteiger partial charge in [0.2, 0.25) is 0 Å². The van der Waals surface area contributed by atoms with Crippen molar-refractivity contribution in [3.8, 4) is 0 Å². The van der Waals surface area contributed by atoms with Crippen LogP contribution in [0.25, 0.3) is 0 Å². The van der Waals surface area contributed by atoms with Crippen molar-refractivity contribution in [2.24, 2.45) is 0 Å². The summed E-state index contributed by atoms with van der Waals surface area (Å²) in [6, 6.07) is -0.425. The Labute approximate surface area is 48.5 Å². The number of hydrogen-bond acceptors (Lipinski definition) is 2. The standard InChI is InChI=1S/C3H4N2O2S/c6-3-4-1-2-8(7)5-3/h1-2H,(H2,4,5,6). The van der Waals surface area contributed by atoms with Crippen molar-refractivity contribution in [3.05, 3.63) is 11.6 Å². The van der Waals surface area contributed by atoms with E-state index in [2.05, 4.69) is 10.0 Å². The van der Waals surface area contributed by atoms with E-state index in [1.165, 1.54) is 11.6 Å². The SMILES string of the molecule is O=C1NC=CS(=O)N1. The van der Waals surface area contributed by atoms with Crippen LogP contribution in [0.1, 0.15) is 0 Å². The molecule has 0 aromatic heterocycles. The number of urea groups is 1. The minimum atomic E-state index is -1.31. The maximum absolute atomic E-state index is 10.3. The zero-order valence-electron chi connectivity index (χ0n) is 3.88. The normalized spacial score (nSPS) is 26.5. The van der Waals surface area contributed by atoms with E-state index in [-0.39, 0.29) is 0 Å². The lowest BCUT2D eigenvalue weighted by Gasteiger charge is -2.04. The predicted molar refractivity (Wildman–Crippen MR) is 28.9 cm³/mol. The summed E-state index contributed by atoms with van der Waals surface area (Å²) in [5, 5.41) is 3.64. The molecular formula is C3H4N2O2S. The molecule has 1 aliphatic rings. The van der Waals surface area contributed by atoms with Gasteiger partial charge in [0.15, 0.2) is 0 Å². The van der Waals surface area contributed by atoms with Crippen molar-refractivity contribution >= 4 is 17.0 Å². The molecule has 0 radical (unpaired) electrons. The lowest BCUT2D eigenvalue weighted by Crippen LogP contribution is -2.36. The molecule has 2 amide bonds. The molecule has 4 nitrogen and oxygen atoms in total. The number of carbonyl (C=O) groups excluding carboxylic acids is 1. The average Bonchev–Trinajstić information content (AvgIpc) is 1.64. The van der Waals surface area contributed by atoms with Crippen molar-refractivity contribution < 1.29 is 9.00 Å². The first-order valence-electron chi connectivity index (χ1n) is 1.93. The van der Waals surface area contributed by atoms with Gasteiger partial charge in [0.25, 0.3) is 0 Å². The van der Waals surface area contributed by atoms with E-state index in [1.54, 1.807) is 0 Å². The van der Waals surface area contributed by atoms with Crippen LogP contribution in [-0.2, 0) is 11.0 Å². The largest absolute Gasteiger partial charge is 0.330 e. The smallest absolute Gasteiger partial charge is 0.313 e. The summed E-state index contributed by atoms with van der Waals surface area (Å²) < 4.78 is 12.4. The van der Waals surface area contributed by atoms with Gasteiger partial charge in [0.1, 0.15) is 11.0 Å². The third-order valence-corrected chi connectivity index (χ3v) is 1.37. The zero-order chi connectivity index (χ0) is 5.98. The maximum atomic E-state index is 10.3. The molecule has 0 saturated carbocycles. The molecular weight excluding hydrogens is 128 g/mol. The molecule has 0 bridgehead atoms. The van der Waals surface area contributed by atoms with E-state index in [9.17, 15) is 9.00 Å². The van der Waals surface area contributed by atoms with Crippen molar-refractivity contribution in [2.75, 3.05) is 0 Å². The van der Waals surface area contributed by atoms with E-state index in [0.717, 1.165) is 0 Å². The van der Waals surface area contributed by atoms with Crippen molar-refractivity contribution in [1.82, 2.24) is 10.0 Å². The Balaban J connectivity index is 2.68. The second-order valence-corrected chi connectivity index (χ2v) is 2.25. The van der Waals surface area contributed by atoms with Gasteiger partial charge in [-0.25, -0.2) is 9.00 Å². The van der Waals surface area contributed by atoms with Crippen LogP contribution < -0.4 is 10.0 Å². The highest BCUT2D eigenvalue weighted by molar-refractivity contribution is 7.86. The Morgan fingerprint density at radius 2 is 2.38 bits per heavy atom. The number of rotatable bonds is 0. The van der Waals surface area contributed by atoms with Gasteiger partial charge in [-0.05, 0) is 0 Å². The second-order valence-electron chi connectivity index (χ2n) is 1.18. The summed E-state index contributed by atoms with van der Waals surface area (Å²) in [6.45, 7) is 0. The Hall–Kier alpha value is -0.840. The fourth-order valence-electron chi connectivity index (χ4n) is 0.326. The van der Waals surface area contributed by atoms with Crippen LogP contribution in [0.3, 0.4) is 0 Å². The molecule has 0 spiro atoms. The number of amides is 2. The highest BCUT2D eigenvalue weighted by atomic mass is 32.2. The van der Waals surface area contributed by atoms with Crippen molar-refractivity contribution in [3.63, 3.8) is 0 Å². The summed E-state index contributed by atoms with van der Waals surface area (Å²) in [5.74, 6) is 0. The molecule has 0 aromatic rings. The summed E-state index contributed by atoms with van der Waals surface area (Å²) in [5.41, 5.74) is 0. The average molecular weight is 132 g/mol. The maximum Gasteiger partial charge on any atom is 0.330 e. The van der Waals surface area contributed by atoms with E-state index in [1.807, 2.05) is 0 Å². The summed E-state index contributed by atoms with van der Waals surface area (Å²) in [6.07, 6.45) is 1.34. The van der Waals surface area contributed by atoms with Crippen molar-refractivity contribution in [1.29, 1.82) is 0 Å². The molecule has 0 saturated heterocycles. The van der Waals surface area contributed by atoms with Gasteiger partial charge in [-0.15, -0.1) is 0 Å². The van der Waals surface area contributed by atoms with Gasteiger partial charge in [0, 0.05) is 11.6 Å². The Kier molecular flexibility index (Phi) is 1.29. The first-order valence-corrected chi connectivity index (χ1v) is 3.15. The van der Waals surface area contributed by atoms with Crippen molar-refractivity contribution in [2.45, 2.75) is 0 Å². The molecule has 1 rings (SSSR count). The second kappa shape index (κ2) is 1.95. The highest BCUT2D eigenvalue weighted by Crippen LogP contribution is 1.83. The van der Waals surface area contributed by atoms with Gasteiger partial charge in [-0.3, -0.25) is 4.72 Å². The summed E-state index contributed by atoms with van der Waals surface area (Å²) in [4.78, 5) is 10.2. The molecule has 2 N–H and O–H groups in total. The lowest BCUT2D eigenvalue weighted by atomic mass is 10.9. The third-order valence-electron chi connectivity index (χ3n) is 0.599. The van der Waals surface area contributed by atoms with Crippen LogP contribution in [0, 0.1) is 0 Å². The minimum Gasteiger partial charge on any atom is -0.313 e. The monoisotopic (exact) mass is 132 g/mol. The molecule has 1 atom stereocenters. The van der Waals surface area contributed by atoms with E-state index >= 15 is 0 Å². The first-order chi connectivity index (χ1) is 3.79. The zero-order valence-corrected chi connectivity index (χ0v) is 4.70. The van der Waals surface area contributed by atoms with Crippen LogP contribution in [0.5, 0.6) is 0 Å². The minimum absolute atomic E-state index is 0.425. The molecule has 1 aliphatic heterocycles.